The van der Waals surface area contributed by atoms with Crippen molar-refractivity contribution in [2.75, 3.05) is 12.8 Å². The first kappa shape index (κ1) is 9.67. The molecule has 0 unspecified atom stereocenters. The van der Waals surface area contributed by atoms with Crippen molar-refractivity contribution in [3.63, 3.8) is 0 Å². The van der Waals surface area contributed by atoms with Crippen LogP contribution in [-0.2, 0) is 0 Å². The van der Waals surface area contributed by atoms with E-state index in [9.17, 15) is 4.79 Å². The highest BCUT2D eigenvalue weighted by molar-refractivity contribution is 6.33. The summed E-state index contributed by atoms with van der Waals surface area (Å²) in [5.74, 6) is -0.991. The molecule has 0 aliphatic carbocycles. The third kappa shape index (κ3) is 1.84. The van der Waals surface area contributed by atoms with Crippen LogP contribution in [0.5, 0.6) is 5.75 Å². The standard InChI is InChI=1S/C8H8ClNO3/c1-13-7-5(8(11)12)2-4(10)3-6(7)9/h2-3H,10H2,1H3,(H,11,12). The summed E-state index contributed by atoms with van der Waals surface area (Å²) in [4.78, 5) is 10.7. The Bertz CT molecular complexity index is 351. The molecule has 0 aliphatic heterocycles. The van der Waals surface area contributed by atoms with Crippen molar-refractivity contribution in [2.45, 2.75) is 0 Å². The van der Waals surface area contributed by atoms with Gasteiger partial charge in [0.15, 0.2) is 5.75 Å². The number of benzene rings is 1. The summed E-state index contributed by atoms with van der Waals surface area (Å²) < 4.78 is 4.82. The zero-order valence-electron chi connectivity index (χ0n) is 6.87. The van der Waals surface area contributed by atoms with Crippen LogP contribution in [0.15, 0.2) is 12.1 Å². The van der Waals surface area contributed by atoms with Gasteiger partial charge < -0.3 is 15.6 Å². The molecular formula is C8H8ClNO3. The second kappa shape index (κ2) is 3.53. The Morgan fingerprint density at radius 3 is 2.69 bits per heavy atom. The van der Waals surface area contributed by atoms with E-state index in [4.69, 9.17) is 27.2 Å². The molecule has 70 valence electrons. The molecule has 1 rings (SSSR count). The van der Waals surface area contributed by atoms with Gasteiger partial charge in [0.1, 0.15) is 5.56 Å². The number of methoxy groups -OCH3 is 1. The molecule has 0 aromatic heterocycles. The van der Waals surface area contributed by atoms with Gasteiger partial charge in [-0.1, -0.05) is 11.6 Å². The molecule has 0 saturated carbocycles. The fraction of sp³-hybridized carbons (Fsp3) is 0.125. The maximum absolute atomic E-state index is 10.7. The van der Waals surface area contributed by atoms with Crippen LogP contribution in [0.3, 0.4) is 0 Å². The third-order valence-corrected chi connectivity index (χ3v) is 1.78. The molecule has 1 aromatic rings. The monoisotopic (exact) mass is 201 g/mol. The Morgan fingerprint density at radius 2 is 2.23 bits per heavy atom. The van der Waals surface area contributed by atoms with Gasteiger partial charge in [0.25, 0.3) is 0 Å². The number of hydrogen-bond acceptors (Lipinski definition) is 3. The number of carbonyl (C=O) groups is 1. The minimum Gasteiger partial charge on any atom is -0.494 e. The molecule has 3 N–H and O–H groups in total. The van der Waals surface area contributed by atoms with Gasteiger partial charge in [0, 0.05) is 5.69 Å². The van der Waals surface area contributed by atoms with Crippen molar-refractivity contribution in [2.24, 2.45) is 0 Å². The summed E-state index contributed by atoms with van der Waals surface area (Å²) in [5, 5.41) is 8.95. The highest BCUT2D eigenvalue weighted by Crippen LogP contribution is 2.30. The van der Waals surface area contributed by atoms with E-state index in [1.54, 1.807) is 0 Å². The molecule has 0 radical (unpaired) electrons. The lowest BCUT2D eigenvalue weighted by Crippen LogP contribution is -2.02. The minimum atomic E-state index is -1.12. The van der Waals surface area contributed by atoms with Crippen LogP contribution < -0.4 is 10.5 Å². The molecule has 0 spiro atoms. The van der Waals surface area contributed by atoms with Crippen molar-refractivity contribution in [3.8, 4) is 5.75 Å². The number of rotatable bonds is 2. The summed E-state index contributed by atoms with van der Waals surface area (Å²) in [7, 11) is 1.35. The molecule has 0 saturated heterocycles. The molecule has 0 heterocycles. The molecule has 1 aromatic carbocycles. The van der Waals surface area contributed by atoms with Crippen LogP contribution in [0, 0.1) is 0 Å². The first-order valence-electron chi connectivity index (χ1n) is 3.42. The van der Waals surface area contributed by atoms with E-state index in [1.807, 2.05) is 0 Å². The van der Waals surface area contributed by atoms with Crippen molar-refractivity contribution >= 4 is 23.3 Å². The zero-order valence-corrected chi connectivity index (χ0v) is 7.63. The average molecular weight is 202 g/mol. The molecular weight excluding hydrogens is 194 g/mol. The van der Waals surface area contributed by atoms with Crippen LogP contribution in [-0.4, -0.2) is 18.2 Å². The smallest absolute Gasteiger partial charge is 0.339 e. The van der Waals surface area contributed by atoms with E-state index in [0.717, 1.165) is 0 Å². The fourth-order valence-electron chi connectivity index (χ4n) is 0.981. The fourth-order valence-corrected chi connectivity index (χ4v) is 1.29. The Labute approximate surface area is 79.9 Å². The summed E-state index contributed by atoms with van der Waals surface area (Å²) >= 11 is 5.71. The van der Waals surface area contributed by atoms with Gasteiger partial charge in [-0.05, 0) is 12.1 Å². The van der Waals surface area contributed by atoms with E-state index < -0.39 is 5.97 Å². The molecule has 0 amide bonds. The first-order chi connectivity index (χ1) is 6.06. The maximum Gasteiger partial charge on any atom is 0.339 e. The average Bonchev–Trinajstić information content (AvgIpc) is 2.02. The highest BCUT2D eigenvalue weighted by atomic mass is 35.5. The van der Waals surface area contributed by atoms with E-state index in [0.29, 0.717) is 5.69 Å². The quantitative estimate of drug-likeness (QED) is 0.714. The molecule has 0 aliphatic rings. The van der Waals surface area contributed by atoms with Crippen LogP contribution in [0.25, 0.3) is 0 Å². The predicted octanol–water partition coefficient (Wildman–Crippen LogP) is 1.63. The van der Waals surface area contributed by atoms with Crippen LogP contribution in [0.1, 0.15) is 10.4 Å². The number of anilines is 1. The third-order valence-electron chi connectivity index (χ3n) is 1.50. The Hall–Kier alpha value is -1.42. The summed E-state index contributed by atoms with van der Waals surface area (Å²) in [6.07, 6.45) is 0. The van der Waals surface area contributed by atoms with Crippen LogP contribution in [0.4, 0.5) is 5.69 Å². The number of ether oxygens (including phenoxy) is 1. The molecule has 5 heteroatoms. The number of carboxylic acids is 1. The normalized spacial score (nSPS) is 9.69. The highest BCUT2D eigenvalue weighted by Gasteiger charge is 2.14. The van der Waals surface area contributed by atoms with Crippen molar-refractivity contribution in [1.82, 2.24) is 0 Å². The van der Waals surface area contributed by atoms with Crippen LogP contribution >= 0.6 is 11.6 Å². The number of nitrogen functional groups attached to an aromatic ring is 1. The predicted molar refractivity (Wildman–Crippen MR) is 49.4 cm³/mol. The van der Waals surface area contributed by atoms with Gasteiger partial charge in [0.2, 0.25) is 0 Å². The van der Waals surface area contributed by atoms with Gasteiger partial charge in [0.05, 0.1) is 12.1 Å². The maximum atomic E-state index is 10.7. The van der Waals surface area contributed by atoms with Gasteiger partial charge in [-0.3, -0.25) is 0 Å². The molecule has 0 fully saturated rings. The second-order valence-corrected chi connectivity index (χ2v) is 2.80. The SMILES string of the molecule is COc1c(Cl)cc(N)cc1C(=O)O. The summed E-state index contributed by atoms with van der Waals surface area (Å²) in [6.45, 7) is 0. The Balaban J connectivity index is 3.38. The van der Waals surface area contributed by atoms with Crippen LogP contribution in [0.2, 0.25) is 5.02 Å². The van der Waals surface area contributed by atoms with Crippen molar-refractivity contribution in [1.29, 1.82) is 0 Å². The van der Waals surface area contributed by atoms with Crippen molar-refractivity contribution < 1.29 is 14.6 Å². The number of nitrogens with two attached hydrogens (primary N) is 1. The molecule has 0 atom stereocenters. The van der Waals surface area contributed by atoms with E-state index in [-0.39, 0.29) is 16.3 Å². The van der Waals surface area contributed by atoms with Gasteiger partial charge in [-0.15, -0.1) is 0 Å². The first-order valence-corrected chi connectivity index (χ1v) is 3.80. The molecule has 0 bridgehead atoms. The van der Waals surface area contributed by atoms with E-state index in [1.165, 1.54) is 19.2 Å². The number of hydrogen-bond donors (Lipinski definition) is 2. The largest absolute Gasteiger partial charge is 0.494 e. The number of carboxylic acid groups (broad SMARTS) is 1. The zero-order chi connectivity index (χ0) is 10.0. The number of aromatic carboxylic acids is 1. The Morgan fingerprint density at radius 1 is 1.62 bits per heavy atom. The van der Waals surface area contributed by atoms with E-state index in [2.05, 4.69) is 0 Å². The van der Waals surface area contributed by atoms with Gasteiger partial charge in [-0.25, -0.2) is 4.79 Å². The van der Waals surface area contributed by atoms with E-state index >= 15 is 0 Å². The number of halogens is 1. The summed E-state index contributed by atoms with van der Waals surface area (Å²) in [5.41, 5.74) is 5.68. The lowest BCUT2D eigenvalue weighted by atomic mass is 10.2. The lowest BCUT2D eigenvalue weighted by Gasteiger charge is -2.07. The van der Waals surface area contributed by atoms with Gasteiger partial charge >= 0.3 is 5.97 Å². The van der Waals surface area contributed by atoms with Crippen molar-refractivity contribution in [3.05, 3.63) is 22.7 Å². The molecule has 4 nitrogen and oxygen atoms in total. The minimum absolute atomic E-state index is 0.0347. The summed E-state index contributed by atoms with van der Waals surface area (Å²) in [6, 6.07) is 2.74. The second-order valence-electron chi connectivity index (χ2n) is 2.39. The van der Waals surface area contributed by atoms with Gasteiger partial charge in [-0.2, -0.15) is 0 Å². The lowest BCUT2D eigenvalue weighted by molar-refractivity contribution is 0.0693. The Kier molecular flexibility index (Phi) is 2.63. The molecule has 13 heavy (non-hydrogen) atoms. The topological polar surface area (TPSA) is 72.5 Å².